The minimum atomic E-state index is -0.274. The Bertz CT molecular complexity index is 1250. The molecule has 0 radical (unpaired) electrons. The topological polar surface area (TPSA) is 63.4 Å². The third kappa shape index (κ3) is 3.97. The van der Waals surface area contributed by atoms with E-state index in [1.54, 1.807) is 12.1 Å². The highest BCUT2D eigenvalue weighted by atomic mass is 19.1. The lowest BCUT2D eigenvalue weighted by Crippen LogP contribution is -2.23. The number of aromatic nitrogens is 1. The Morgan fingerprint density at radius 3 is 2.68 bits per heavy atom. The molecule has 0 aliphatic carbocycles. The fraction of sp³-hybridized carbons (Fsp3) is 0.160. The largest absolute Gasteiger partial charge is 0.454 e. The van der Waals surface area contributed by atoms with Crippen LogP contribution in [0.25, 0.3) is 22.2 Å². The lowest BCUT2D eigenvalue weighted by atomic mass is 10.0. The Labute approximate surface area is 178 Å². The molecule has 5 rings (SSSR count). The molecule has 1 amide bonds. The Morgan fingerprint density at radius 2 is 1.81 bits per heavy atom. The lowest BCUT2D eigenvalue weighted by molar-refractivity contribution is -0.121. The summed E-state index contributed by atoms with van der Waals surface area (Å²) in [6.07, 6.45) is 0.921. The number of carbonyl (C=O) groups excluding carboxylic acids is 1. The molecule has 0 unspecified atom stereocenters. The first-order valence-electron chi connectivity index (χ1n) is 10.2. The van der Waals surface area contributed by atoms with Gasteiger partial charge in [0.2, 0.25) is 12.7 Å². The summed E-state index contributed by atoms with van der Waals surface area (Å²) in [5.41, 5.74) is 4.83. The van der Waals surface area contributed by atoms with E-state index in [9.17, 15) is 9.18 Å². The van der Waals surface area contributed by atoms with Crippen molar-refractivity contribution < 1.29 is 18.7 Å². The summed E-state index contributed by atoms with van der Waals surface area (Å²) in [5, 5.41) is 4.05. The number of H-pyrrole nitrogens is 1. The Kier molecular flexibility index (Phi) is 5.04. The summed E-state index contributed by atoms with van der Waals surface area (Å²) < 4.78 is 24.1. The van der Waals surface area contributed by atoms with Gasteiger partial charge in [0.05, 0.1) is 0 Å². The highest BCUT2D eigenvalue weighted by Gasteiger charge is 2.16. The number of ether oxygens (including phenoxy) is 2. The molecule has 156 valence electrons. The van der Waals surface area contributed by atoms with E-state index in [0.717, 1.165) is 39.0 Å². The number of fused-ring (bicyclic) bond motifs is 2. The minimum absolute atomic E-state index is 0.0343. The average molecular weight is 416 g/mol. The first kappa shape index (κ1) is 19.2. The quantitative estimate of drug-likeness (QED) is 0.467. The van der Waals surface area contributed by atoms with E-state index < -0.39 is 0 Å². The molecule has 1 aliphatic rings. The number of aryl methyl sites for hydroxylation is 1. The van der Waals surface area contributed by atoms with Crippen LogP contribution in [0.3, 0.4) is 0 Å². The van der Waals surface area contributed by atoms with Gasteiger partial charge in [-0.2, -0.15) is 0 Å². The number of para-hydroxylation sites is 1. The van der Waals surface area contributed by atoms with Crippen LogP contribution in [-0.2, 0) is 17.8 Å². The van der Waals surface area contributed by atoms with E-state index in [1.807, 2.05) is 42.5 Å². The molecule has 1 aromatic heterocycles. The average Bonchev–Trinajstić information content (AvgIpc) is 3.41. The Morgan fingerprint density at radius 1 is 1.00 bits per heavy atom. The van der Waals surface area contributed by atoms with Gasteiger partial charge in [-0.3, -0.25) is 4.79 Å². The zero-order chi connectivity index (χ0) is 21.2. The predicted molar refractivity (Wildman–Crippen MR) is 116 cm³/mol. The molecule has 2 heterocycles. The fourth-order valence-corrected chi connectivity index (χ4v) is 3.90. The van der Waals surface area contributed by atoms with Crippen molar-refractivity contribution in [3.63, 3.8) is 0 Å². The number of benzene rings is 3. The molecule has 2 N–H and O–H groups in total. The van der Waals surface area contributed by atoms with Gasteiger partial charge in [0.25, 0.3) is 0 Å². The van der Waals surface area contributed by atoms with Crippen molar-refractivity contribution in [2.75, 3.05) is 6.79 Å². The van der Waals surface area contributed by atoms with Crippen molar-refractivity contribution in [1.29, 1.82) is 0 Å². The monoisotopic (exact) mass is 416 g/mol. The number of amides is 1. The second kappa shape index (κ2) is 8.14. The van der Waals surface area contributed by atoms with Crippen molar-refractivity contribution in [3.8, 4) is 22.8 Å². The molecule has 0 saturated carbocycles. The first-order valence-corrected chi connectivity index (χ1v) is 10.2. The molecular weight excluding hydrogens is 395 g/mol. The van der Waals surface area contributed by atoms with Crippen LogP contribution in [0.5, 0.6) is 11.5 Å². The third-order valence-electron chi connectivity index (χ3n) is 5.48. The van der Waals surface area contributed by atoms with Gasteiger partial charge in [-0.1, -0.05) is 24.3 Å². The summed E-state index contributed by atoms with van der Waals surface area (Å²) >= 11 is 0. The molecule has 0 atom stereocenters. The van der Waals surface area contributed by atoms with E-state index in [4.69, 9.17) is 9.47 Å². The molecule has 31 heavy (non-hydrogen) atoms. The summed E-state index contributed by atoms with van der Waals surface area (Å²) in [6, 6.07) is 20.0. The maximum Gasteiger partial charge on any atom is 0.231 e. The molecule has 0 fully saturated rings. The van der Waals surface area contributed by atoms with Gasteiger partial charge in [-0.05, 0) is 65.6 Å². The Hall–Kier alpha value is -3.80. The molecule has 0 bridgehead atoms. The van der Waals surface area contributed by atoms with Gasteiger partial charge in [-0.15, -0.1) is 0 Å². The van der Waals surface area contributed by atoms with Crippen LogP contribution in [0, 0.1) is 5.82 Å². The van der Waals surface area contributed by atoms with Gasteiger partial charge in [0, 0.05) is 29.6 Å². The van der Waals surface area contributed by atoms with Crippen molar-refractivity contribution in [1.82, 2.24) is 10.3 Å². The number of aromatic amines is 1. The molecule has 4 aromatic rings. The molecular formula is C25H21FN2O3. The van der Waals surface area contributed by atoms with Crippen LogP contribution in [0.1, 0.15) is 17.5 Å². The number of hydrogen-bond donors (Lipinski definition) is 2. The van der Waals surface area contributed by atoms with Crippen LogP contribution in [-0.4, -0.2) is 17.7 Å². The molecule has 6 heteroatoms. The SMILES string of the molecule is O=C(CCc1c(-c2ccc(F)cc2)[nH]c2ccccc12)NCc1ccc2c(c1)OCO2. The molecule has 5 nitrogen and oxygen atoms in total. The smallest absolute Gasteiger partial charge is 0.231 e. The van der Waals surface area contributed by atoms with Crippen LogP contribution in [0.2, 0.25) is 0 Å². The number of rotatable bonds is 6. The zero-order valence-corrected chi connectivity index (χ0v) is 16.8. The first-order chi connectivity index (χ1) is 15.2. The zero-order valence-electron chi connectivity index (χ0n) is 16.8. The summed E-state index contributed by atoms with van der Waals surface area (Å²) in [5.74, 6) is 1.12. The van der Waals surface area contributed by atoms with E-state index in [0.29, 0.717) is 25.1 Å². The van der Waals surface area contributed by atoms with E-state index in [-0.39, 0.29) is 18.5 Å². The summed E-state index contributed by atoms with van der Waals surface area (Å²) in [4.78, 5) is 16.0. The molecule has 3 aromatic carbocycles. The van der Waals surface area contributed by atoms with Gasteiger partial charge < -0.3 is 19.8 Å². The van der Waals surface area contributed by atoms with Crippen LogP contribution in [0.15, 0.2) is 66.7 Å². The van der Waals surface area contributed by atoms with Gasteiger partial charge in [0.1, 0.15) is 5.82 Å². The predicted octanol–water partition coefficient (Wildman–Crippen LogP) is 4.95. The minimum Gasteiger partial charge on any atom is -0.454 e. The molecule has 1 aliphatic heterocycles. The highest BCUT2D eigenvalue weighted by Crippen LogP contribution is 2.33. The van der Waals surface area contributed by atoms with E-state index in [1.165, 1.54) is 12.1 Å². The number of nitrogens with one attached hydrogen (secondary N) is 2. The van der Waals surface area contributed by atoms with Crippen molar-refractivity contribution >= 4 is 16.8 Å². The van der Waals surface area contributed by atoms with E-state index >= 15 is 0 Å². The second-order valence-corrected chi connectivity index (χ2v) is 7.50. The van der Waals surface area contributed by atoms with Crippen molar-refractivity contribution in [3.05, 3.63) is 83.7 Å². The molecule has 0 spiro atoms. The summed E-state index contributed by atoms with van der Waals surface area (Å²) in [6.45, 7) is 0.653. The van der Waals surface area contributed by atoms with Crippen molar-refractivity contribution in [2.45, 2.75) is 19.4 Å². The van der Waals surface area contributed by atoms with Crippen LogP contribution >= 0.6 is 0 Å². The van der Waals surface area contributed by atoms with Crippen LogP contribution < -0.4 is 14.8 Å². The third-order valence-corrected chi connectivity index (χ3v) is 5.48. The Balaban J connectivity index is 1.30. The number of halogens is 1. The fourth-order valence-electron chi connectivity index (χ4n) is 3.90. The van der Waals surface area contributed by atoms with Gasteiger partial charge in [0.15, 0.2) is 11.5 Å². The highest BCUT2D eigenvalue weighted by molar-refractivity contribution is 5.91. The van der Waals surface area contributed by atoms with E-state index in [2.05, 4.69) is 10.3 Å². The van der Waals surface area contributed by atoms with Gasteiger partial charge in [-0.25, -0.2) is 4.39 Å². The standard InChI is InChI=1S/C25H21FN2O3/c26-18-8-6-17(7-9-18)25-20(19-3-1-2-4-21(19)28-25)10-12-24(29)27-14-16-5-11-22-23(13-16)31-15-30-22/h1-9,11,13,28H,10,12,14-15H2,(H,27,29). The second-order valence-electron chi connectivity index (χ2n) is 7.50. The maximum atomic E-state index is 13.4. The number of carbonyl (C=O) groups is 1. The summed E-state index contributed by atoms with van der Waals surface area (Å²) in [7, 11) is 0. The normalized spacial score (nSPS) is 12.3. The van der Waals surface area contributed by atoms with Crippen LogP contribution in [0.4, 0.5) is 4.39 Å². The number of hydrogen-bond acceptors (Lipinski definition) is 3. The molecule has 0 saturated heterocycles. The maximum absolute atomic E-state index is 13.4. The lowest BCUT2D eigenvalue weighted by Gasteiger charge is -2.08. The van der Waals surface area contributed by atoms with Gasteiger partial charge >= 0.3 is 0 Å². The van der Waals surface area contributed by atoms with Crippen molar-refractivity contribution in [2.24, 2.45) is 0 Å².